The number of non-ortho nitro benzene ring substituents is 1. The van der Waals surface area contributed by atoms with E-state index in [0.29, 0.717) is 5.69 Å². The molecule has 2 aromatic rings. The van der Waals surface area contributed by atoms with Crippen LogP contribution in [0.2, 0.25) is 0 Å². The number of para-hydroxylation sites is 1. The number of carbonyl (C=O) groups is 4. The summed E-state index contributed by atoms with van der Waals surface area (Å²) in [6.07, 6.45) is 0. The number of benzene rings is 2. The quantitative estimate of drug-likeness (QED) is 0.331. The van der Waals surface area contributed by atoms with Crippen LogP contribution in [-0.4, -0.2) is 60.3 Å². The summed E-state index contributed by atoms with van der Waals surface area (Å²) in [5.74, 6) is -2.60. The number of hydrogen-bond acceptors (Lipinski definition) is 7. The lowest BCUT2D eigenvalue weighted by molar-refractivity contribution is -0.384. The highest BCUT2D eigenvalue weighted by atomic mass is 16.6. The third-order valence-electron chi connectivity index (χ3n) is 4.62. The molecule has 11 heteroatoms. The van der Waals surface area contributed by atoms with Crippen LogP contribution in [0.3, 0.4) is 0 Å². The van der Waals surface area contributed by atoms with Crippen LogP contribution in [0, 0.1) is 24.0 Å². The maximum Gasteiger partial charge on any atom is 0.325 e. The molecule has 11 nitrogen and oxygen atoms in total. The van der Waals surface area contributed by atoms with Gasteiger partial charge < -0.3 is 20.3 Å². The van der Waals surface area contributed by atoms with E-state index in [9.17, 15) is 29.3 Å². The zero-order chi connectivity index (χ0) is 24.5. The minimum Gasteiger partial charge on any atom is -0.454 e. The number of rotatable bonds is 9. The van der Waals surface area contributed by atoms with E-state index in [1.54, 1.807) is 0 Å². The van der Waals surface area contributed by atoms with Gasteiger partial charge in [-0.2, -0.15) is 0 Å². The zero-order valence-corrected chi connectivity index (χ0v) is 18.4. The standard InChI is InChI=1S/C22H24N4O7/c1-14-6-4-7-15(2)21(14)24-18(27)12-25(3)19(28)13-33-20(29)11-23-22(30)16-8-5-9-17(10-16)26(31)32/h4-10H,11-13H2,1-3H3,(H,23,30)(H,24,27). The van der Waals surface area contributed by atoms with Crippen molar-refractivity contribution in [3.63, 3.8) is 0 Å². The molecule has 0 spiro atoms. The number of ether oxygens (including phenoxy) is 1. The van der Waals surface area contributed by atoms with Gasteiger partial charge in [-0.1, -0.05) is 24.3 Å². The Hall–Kier alpha value is -4.28. The van der Waals surface area contributed by atoms with Crippen LogP contribution in [0.25, 0.3) is 0 Å². The fraction of sp³-hybridized carbons (Fsp3) is 0.273. The Bertz CT molecular complexity index is 1060. The Labute approximate surface area is 189 Å². The van der Waals surface area contributed by atoms with Crippen LogP contribution in [0.5, 0.6) is 0 Å². The fourth-order valence-electron chi connectivity index (χ4n) is 2.81. The first-order valence-corrected chi connectivity index (χ1v) is 9.86. The largest absolute Gasteiger partial charge is 0.454 e. The molecule has 0 aliphatic heterocycles. The van der Waals surface area contributed by atoms with Gasteiger partial charge in [0.1, 0.15) is 6.54 Å². The van der Waals surface area contributed by atoms with Crippen molar-refractivity contribution in [3.8, 4) is 0 Å². The Morgan fingerprint density at radius 2 is 1.70 bits per heavy atom. The van der Waals surface area contributed by atoms with Gasteiger partial charge in [-0.05, 0) is 31.0 Å². The highest BCUT2D eigenvalue weighted by Crippen LogP contribution is 2.19. The normalized spacial score (nSPS) is 10.2. The van der Waals surface area contributed by atoms with E-state index in [2.05, 4.69) is 10.6 Å². The first kappa shape index (κ1) is 25.0. The second-order valence-electron chi connectivity index (χ2n) is 7.22. The van der Waals surface area contributed by atoms with E-state index in [1.165, 1.54) is 25.2 Å². The van der Waals surface area contributed by atoms with E-state index in [-0.39, 0.29) is 17.8 Å². The summed E-state index contributed by atoms with van der Waals surface area (Å²) in [6.45, 7) is 2.32. The molecule has 174 valence electrons. The molecule has 0 bridgehead atoms. The number of carbonyl (C=O) groups excluding carboxylic acids is 4. The third-order valence-corrected chi connectivity index (χ3v) is 4.62. The van der Waals surface area contributed by atoms with E-state index in [1.807, 2.05) is 32.0 Å². The van der Waals surface area contributed by atoms with Crippen molar-refractivity contribution >= 4 is 35.1 Å². The topological polar surface area (TPSA) is 148 Å². The smallest absolute Gasteiger partial charge is 0.325 e. The average molecular weight is 456 g/mol. The molecule has 0 saturated heterocycles. The number of nitrogens with zero attached hydrogens (tertiary/aromatic N) is 2. The summed E-state index contributed by atoms with van der Waals surface area (Å²) >= 11 is 0. The molecular weight excluding hydrogens is 432 g/mol. The number of nitrogens with one attached hydrogen (secondary N) is 2. The molecule has 0 aliphatic rings. The summed E-state index contributed by atoms with van der Waals surface area (Å²) in [5.41, 5.74) is 2.19. The van der Waals surface area contributed by atoms with Crippen LogP contribution in [0.1, 0.15) is 21.5 Å². The van der Waals surface area contributed by atoms with Gasteiger partial charge in [-0.25, -0.2) is 0 Å². The summed E-state index contributed by atoms with van der Waals surface area (Å²) in [5, 5.41) is 15.8. The predicted molar refractivity (Wildman–Crippen MR) is 119 cm³/mol. The van der Waals surface area contributed by atoms with Gasteiger partial charge in [0.2, 0.25) is 5.91 Å². The SMILES string of the molecule is Cc1cccc(C)c1NC(=O)CN(C)C(=O)COC(=O)CNC(=O)c1cccc([N+](=O)[O-])c1. The predicted octanol–water partition coefficient (Wildman–Crippen LogP) is 1.58. The van der Waals surface area contributed by atoms with Crippen LogP contribution in [0.4, 0.5) is 11.4 Å². The molecule has 0 aliphatic carbocycles. The lowest BCUT2D eigenvalue weighted by Crippen LogP contribution is -2.38. The van der Waals surface area contributed by atoms with Crippen molar-refractivity contribution in [2.75, 3.05) is 32.1 Å². The van der Waals surface area contributed by atoms with Crippen molar-refractivity contribution in [3.05, 3.63) is 69.3 Å². The highest BCUT2D eigenvalue weighted by molar-refractivity contribution is 5.97. The average Bonchev–Trinajstić information content (AvgIpc) is 2.78. The van der Waals surface area contributed by atoms with E-state index in [0.717, 1.165) is 22.1 Å². The van der Waals surface area contributed by atoms with Crippen molar-refractivity contribution in [2.45, 2.75) is 13.8 Å². The second kappa shape index (κ2) is 11.4. The molecular formula is C22H24N4O7. The molecule has 0 fully saturated rings. The van der Waals surface area contributed by atoms with Crippen LogP contribution in [-0.2, 0) is 19.1 Å². The van der Waals surface area contributed by atoms with Gasteiger partial charge in [-0.3, -0.25) is 29.3 Å². The first-order valence-electron chi connectivity index (χ1n) is 9.86. The van der Waals surface area contributed by atoms with Gasteiger partial charge in [0.25, 0.3) is 17.5 Å². The molecule has 0 atom stereocenters. The maximum absolute atomic E-state index is 12.2. The number of anilines is 1. The Balaban J connectivity index is 1.77. The molecule has 33 heavy (non-hydrogen) atoms. The monoisotopic (exact) mass is 456 g/mol. The fourth-order valence-corrected chi connectivity index (χ4v) is 2.81. The van der Waals surface area contributed by atoms with Crippen LogP contribution < -0.4 is 10.6 Å². The number of nitro benzene ring substituents is 1. The molecule has 0 heterocycles. The lowest BCUT2D eigenvalue weighted by Gasteiger charge is -2.18. The van der Waals surface area contributed by atoms with Gasteiger partial charge in [0.05, 0.1) is 11.5 Å². The van der Waals surface area contributed by atoms with Crippen molar-refractivity contribution in [2.24, 2.45) is 0 Å². The summed E-state index contributed by atoms with van der Waals surface area (Å²) in [7, 11) is 1.39. The molecule has 0 aromatic heterocycles. The van der Waals surface area contributed by atoms with E-state index >= 15 is 0 Å². The van der Waals surface area contributed by atoms with Crippen molar-refractivity contribution in [1.82, 2.24) is 10.2 Å². The van der Waals surface area contributed by atoms with Crippen molar-refractivity contribution < 1.29 is 28.8 Å². The summed E-state index contributed by atoms with van der Waals surface area (Å²) < 4.78 is 4.83. The minimum absolute atomic E-state index is 0.00251. The maximum atomic E-state index is 12.2. The molecule has 2 rings (SSSR count). The molecule has 0 radical (unpaired) electrons. The van der Waals surface area contributed by atoms with Gasteiger partial charge >= 0.3 is 5.97 Å². The number of aryl methyl sites for hydroxylation is 2. The molecule has 0 unspecified atom stereocenters. The number of esters is 1. The Morgan fingerprint density at radius 1 is 1.06 bits per heavy atom. The number of likely N-dealkylation sites (N-methyl/N-ethyl adjacent to an activating group) is 1. The van der Waals surface area contributed by atoms with Gasteiger partial charge in [0.15, 0.2) is 6.61 Å². The number of hydrogen-bond donors (Lipinski definition) is 2. The summed E-state index contributed by atoms with van der Waals surface area (Å²) in [6, 6.07) is 10.6. The third kappa shape index (κ3) is 7.42. The molecule has 0 saturated carbocycles. The molecule has 2 aromatic carbocycles. The minimum atomic E-state index is -0.879. The number of amides is 3. The Kier molecular flexibility index (Phi) is 8.61. The lowest BCUT2D eigenvalue weighted by atomic mass is 10.1. The van der Waals surface area contributed by atoms with Crippen LogP contribution >= 0.6 is 0 Å². The number of nitro groups is 1. The highest BCUT2D eigenvalue weighted by Gasteiger charge is 2.17. The molecule has 2 N–H and O–H groups in total. The second-order valence-corrected chi connectivity index (χ2v) is 7.22. The van der Waals surface area contributed by atoms with Crippen molar-refractivity contribution in [1.29, 1.82) is 0 Å². The van der Waals surface area contributed by atoms with Gasteiger partial charge in [-0.15, -0.1) is 0 Å². The van der Waals surface area contributed by atoms with Gasteiger partial charge in [0, 0.05) is 30.4 Å². The summed E-state index contributed by atoms with van der Waals surface area (Å²) in [4.78, 5) is 59.5. The Morgan fingerprint density at radius 3 is 2.33 bits per heavy atom. The van der Waals surface area contributed by atoms with Crippen LogP contribution in [0.15, 0.2) is 42.5 Å². The molecule has 3 amide bonds. The van der Waals surface area contributed by atoms with E-state index < -0.39 is 41.8 Å². The van der Waals surface area contributed by atoms with E-state index in [4.69, 9.17) is 4.74 Å². The zero-order valence-electron chi connectivity index (χ0n) is 18.4. The first-order chi connectivity index (χ1) is 15.6.